The smallest absolute Gasteiger partial charge is 0.410 e. The fourth-order valence-corrected chi connectivity index (χ4v) is 4.82. The highest BCUT2D eigenvalue weighted by atomic mass is 19.1. The van der Waals surface area contributed by atoms with Crippen LogP contribution in [0.3, 0.4) is 0 Å². The molecule has 4 heterocycles. The van der Waals surface area contributed by atoms with Gasteiger partial charge in [-0.25, -0.2) is 14.2 Å². The monoisotopic (exact) mass is 400 g/mol. The molecule has 0 radical (unpaired) electrons. The molecule has 1 N–H and O–H groups in total. The molecular formula is C20H25FN6O2. The highest BCUT2D eigenvalue weighted by Gasteiger charge is 2.40. The Hall–Kier alpha value is -2.71. The first-order chi connectivity index (χ1) is 14.1. The molecule has 1 saturated heterocycles. The molecule has 1 aliphatic carbocycles. The highest BCUT2D eigenvalue weighted by Crippen LogP contribution is 2.42. The summed E-state index contributed by atoms with van der Waals surface area (Å²) < 4.78 is 21.2. The van der Waals surface area contributed by atoms with Gasteiger partial charge < -0.3 is 14.6 Å². The molecule has 3 aromatic rings. The minimum Gasteiger partial charge on any atom is -0.446 e. The van der Waals surface area contributed by atoms with Gasteiger partial charge in [0.2, 0.25) is 0 Å². The normalized spacial score (nSPS) is 25.9. The van der Waals surface area contributed by atoms with Gasteiger partial charge in [0.15, 0.2) is 11.3 Å². The van der Waals surface area contributed by atoms with Crippen molar-refractivity contribution in [2.24, 2.45) is 5.92 Å². The van der Waals surface area contributed by atoms with Crippen LogP contribution in [0.15, 0.2) is 18.5 Å². The number of likely N-dealkylation sites (tertiary alicyclic amines) is 1. The number of rotatable bonds is 3. The number of fused-ring (bicyclic) bond motifs is 3. The van der Waals surface area contributed by atoms with Gasteiger partial charge in [-0.05, 0) is 37.7 Å². The van der Waals surface area contributed by atoms with Crippen molar-refractivity contribution in [1.29, 1.82) is 0 Å². The predicted molar refractivity (Wildman–Crippen MR) is 104 cm³/mol. The molecule has 0 aromatic carbocycles. The molecule has 5 rings (SSSR count). The van der Waals surface area contributed by atoms with E-state index in [4.69, 9.17) is 4.74 Å². The van der Waals surface area contributed by atoms with Crippen LogP contribution in [0.5, 0.6) is 0 Å². The van der Waals surface area contributed by atoms with Crippen LogP contribution >= 0.6 is 0 Å². The van der Waals surface area contributed by atoms with Gasteiger partial charge in [-0.15, -0.1) is 10.2 Å². The summed E-state index contributed by atoms with van der Waals surface area (Å²) in [4.78, 5) is 21.7. The molecule has 0 spiro atoms. The Morgan fingerprint density at radius 2 is 2.14 bits per heavy atom. The first kappa shape index (κ1) is 18.3. The summed E-state index contributed by atoms with van der Waals surface area (Å²) >= 11 is 0. The van der Waals surface area contributed by atoms with Crippen LogP contribution in [0.4, 0.5) is 9.18 Å². The highest BCUT2D eigenvalue weighted by molar-refractivity contribution is 5.74. The zero-order chi connectivity index (χ0) is 20.0. The number of hydrogen-bond donors (Lipinski definition) is 1. The number of aromatic amines is 1. The molecule has 154 valence electrons. The minimum atomic E-state index is -0.805. The summed E-state index contributed by atoms with van der Waals surface area (Å²) in [6, 6.07) is 1.98. The van der Waals surface area contributed by atoms with Crippen LogP contribution < -0.4 is 0 Å². The van der Waals surface area contributed by atoms with E-state index in [1.807, 2.05) is 12.3 Å². The molecule has 2 aliphatic rings. The van der Waals surface area contributed by atoms with Crippen LogP contribution in [0.2, 0.25) is 0 Å². The van der Waals surface area contributed by atoms with E-state index in [0.29, 0.717) is 31.8 Å². The number of nitrogens with zero attached hydrogens (tertiary/aromatic N) is 5. The first-order valence-corrected chi connectivity index (χ1v) is 10.4. The number of alkyl halides is 1. The van der Waals surface area contributed by atoms with Gasteiger partial charge in [0.25, 0.3) is 0 Å². The fraction of sp³-hybridized carbons (Fsp3) is 0.600. The summed E-state index contributed by atoms with van der Waals surface area (Å²) in [5.74, 6) is 1.42. The number of piperidine rings is 1. The molecule has 8 nitrogen and oxygen atoms in total. The molecule has 9 heteroatoms. The lowest BCUT2D eigenvalue weighted by Gasteiger charge is -2.29. The van der Waals surface area contributed by atoms with Crippen LogP contribution in [0.1, 0.15) is 50.8 Å². The number of amides is 1. The average Bonchev–Trinajstić information content (AvgIpc) is 3.44. The van der Waals surface area contributed by atoms with E-state index in [0.717, 1.165) is 41.9 Å². The van der Waals surface area contributed by atoms with E-state index >= 15 is 0 Å². The average molecular weight is 400 g/mol. The number of H-pyrrole nitrogens is 1. The Morgan fingerprint density at radius 1 is 1.31 bits per heavy atom. The van der Waals surface area contributed by atoms with Crippen molar-refractivity contribution in [3.8, 4) is 0 Å². The van der Waals surface area contributed by atoms with Gasteiger partial charge in [-0.1, -0.05) is 13.3 Å². The van der Waals surface area contributed by atoms with Crippen LogP contribution in [-0.2, 0) is 4.74 Å². The molecule has 2 fully saturated rings. The van der Waals surface area contributed by atoms with Crippen molar-refractivity contribution in [3.63, 3.8) is 0 Å². The summed E-state index contributed by atoms with van der Waals surface area (Å²) in [6.45, 7) is 3.02. The maximum absolute atomic E-state index is 13.3. The lowest BCUT2D eigenvalue weighted by atomic mass is 9.93. The van der Waals surface area contributed by atoms with Crippen molar-refractivity contribution >= 4 is 22.9 Å². The van der Waals surface area contributed by atoms with E-state index < -0.39 is 6.17 Å². The second-order valence-corrected chi connectivity index (χ2v) is 8.14. The van der Waals surface area contributed by atoms with E-state index in [9.17, 15) is 9.18 Å². The minimum absolute atomic E-state index is 0.156. The van der Waals surface area contributed by atoms with Crippen molar-refractivity contribution in [3.05, 3.63) is 24.3 Å². The third kappa shape index (κ3) is 3.22. The maximum Gasteiger partial charge on any atom is 0.410 e. The predicted octanol–water partition coefficient (Wildman–Crippen LogP) is 3.45. The summed E-state index contributed by atoms with van der Waals surface area (Å²) in [6.07, 6.45) is 5.59. The molecule has 0 bridgehead atoms. The SMILES string of the molecule is CCC1CC(OC(=O)N2CCC(F)CC2)CC1c1nnc2cnc3[nH]ccc3n12. The van der Waals surface area contributed by atoms with Gasteiger partial charge >= 0.3 is 6.09 Å². The topological polar surface area (TPSA) is 88.4 Å². The number of aromatic nitrogens is 5. The third-order valence-electron chi connectivity index (χ3n) is 6.42. The van der Waals surface area contributed by atoms with E-state index in [1.165, 1.54) is 0 Å². The maximum atomic E-state index is 13.3. The molecule has 1 saturated carbocycles. The Labute approximate surface area is 167 Å². The van der Waals surface area contributed by atoms with Gasteiger partial charge in [-0.3, -0.25) is 4.40 Å². The number of halogens is 1. The molecule has 29 heavy (non-hydrogen) atoms. The quantitative estimate of drug-likeness (QED) is 0.727. The lowest BCUT2D eigenvalue weighted by Crippen LogP contribution is -2.40. The Morgan fingerprint density at radius 3 is 2.93 bits per heavy atom. The Kier molecular flexibility index (Phi) is 4.60. The van der Waals surface area contributed by atoms with Gasteiger partial charge in [0, 0.05) is 25.2 Å². The zero-order valence-corrected chi connectivity index (χ0v) is 16.4. The van der Waals surface area contributed by atoms with Gasteiger partial charge in [-0.2, -0.15) is 0 Å². The van der Waals surface area contributed by atoms with E-state index in [2.05, 4.69) is 31.5 Å². The number of hydrogen-bond acceptors (Lipinski definition) is 5. The summed E-state index contributed by atoms with van der Waals surface area (Å²) in [7, 11) is 0. The van der Waals surface area contributed by atoms with Gasteiger partial charge in [0.05, 0.1) is 11.7 Å². The van der Waals surface area contributed by atoms with Crippen molar-refractivity contribution < 1.29 is 13.9 Å². The van der Waals surface area contributed by atoms with Crippen molar-refractivity contribution in [1.82, 2.24) is 29.5 Å². The number of carbonyl (C=O) groups excluding carboxylic acids is 1. The van der Waals surface area contributed by atoms with E-state index in [-0.39, 0.29) is 18.1 Å². The Bertz CT molecular complexity index is 1020. The molecule has 1 aliphatic heterocycles. The van der Waals surface area contributed by atoms with E-state index in [1.54, 1.807) is 11.1 Å². The van der Waals surface area contributed by atoms with Crippen LogP contribution in [0.25, 0.3) is 16.8 Å². The van der Waals surface area contributed by atoms with Crippen molar-refractivity contribution in [2.75, 3.05) is 13.1 Å². The number of carbonyl (C=O) groups is 1. The molecule has 3 unspecified atom stereocenters. The fourth-order valence-electron chi connectivity index (χ4n) is 4.82. The first-order valence-electron chi connectivity index (χ1n) is 10.4. The van der Waals surface area contributed by atoms with Crippen molar-refractivity contribution in [2.45, 2.75) is 57.2 Å². The summed E-state index contributed by atoms with van der Waals surface area (Å²) in [5, 5.41) is 8.80. The third-order valence-corrected chi connectivity index (χ3v) is 6.42. The molecule has 3 atom stereocenters. The second kappa shape index (κ2) is 7.27. The van der Waals surface area contributed by atoms with Gasteiger partial charge in [0.1, 0.15) is 18.1 Å². The second-order valence-electron chi connectivity index (χ2n) is 8.14. The zero-order valence-electron chi connectivity index (χ0n) is 16.4. The standard InChI is InChI=1S/C20H25FN6O2/c1-2-12-9-14(29-20(28)26-7-4-13(21)5-8-26)10-15(12)19-25-24-17-11-23-18-16(27(17)19)3-6-22-18/h3,6,11-15,22H,2,4-5,7-10H2,1H3. The number of nitrogens with one attached hydrogen (secondary N) is 1. The van der Waals surface area contributed by atoms with Crippen LogP contribution in [-0.4, -0.2) is 60.9 Å². The largest absolute Gasteiger partial charge is 0.446 e. The number of ether oxygens (including phenoxy) is 1. The molecule has 3 aromatic heterocycles. The lowest BCUT2D eigenvalue weighted by molar-refractivity contribution is 0.0504. The summed E-state index contributed by atoms with van der Waals surface area (Å²) in [5.41, 5.74) is 2.47. The van der Waals surface area contributed by atoms with Crippen LogP contribution in [0, 0.1) is 5.92 Å². The molecule has 1 amide bonds. The molecular weight excluding hydrogens is 375 g/mol. The Balaban J connectivity index is 1.37.